The summed E-state index contributed by atoms with van der Waals surface area (Å²) in [6, 6.07) is 11.6. The maximum absolute atomic E-state index is 12.5. The normalized spacial score (nSPS) is 15.8. The molecule has 0 bridgehead atoms. The fraction of sp³-hybridized carbons (Fsp3) is 0.235. The first-order valence-electron chi connectivity index (χ1n) is 7.67. The van der Waals surface area contributed by atoms with Crippen LogP contribution in [0.25, 0.3) is 0 Å². The molecule has 25 heavy (non-hydrogen) atoms. The number of halogens is 1. The van der Waals surface area contributed by atoms with E-state index in [1.807, 2.05) is 0 Å². The van der Waals surface area contributed by atoms with Gasteiger partial charge < -0.3 is 10.1 Å². The summed E-state index contributed by atoms with van der Waals surface area (Å²) in [6.07, 6.45) is 0.552. The summed E-state index contributed by atoms with van der Waals surface area (Å²) in [7, 11) is -1.86. The van der Waals surface area contributed by atoms with Crippen molar-refractivity contribution in [1.29, 1.82) is 0 Å². The third kappa shape index (κ3) is 3.57. The number of hydrogen-bond donors (Lipinski definition) is 1. The molecule has 3 rings (SSSR count). The molecule has 1 amide bonds. The zero-order chi connectivity index (χ0) is 18.0. The number of sulfonamides is 1. The number of carbonyl (C=O) groups excluding carboxylic acids is 1. The van der Waals surface area contributed by atoms with Crippen LogP contribution in [0.15, 0.2) is 42.5 Å². The Morgan fingerprint density at radius 2 is 2.00 bits per heavy atom. The standard InChI is InChI=1S/C17H17ClN2O4S/c1-24-16-6-3-2-5-13(16)17(21)19-12-7-8-14(18)15(11-12)20-9-4-10-25(20,22)23/h2-3,5-8,11H,4,9-10H2,1H3,(H,19,21). The summed E-state index contributed by atoms with van der Waals surface area (Å²) in [6.45, 7) is 0.381. The Bertz CT molecular complexity index is 915. The number of anilines is 2. The van der Waals surface area contributed by atoms with E-state index in [1.165, 1.54) is 11.4 Å². The molecule has 8 heteroatoms. The van der Waals surface area contributed by atoms with Crippen LogP contribution in [0.1, 0.15) is 16.8 Å². The lowest BCUT2D eigenvalue weighted by molar-refractivity contribution is 0.102. The van der Waals surface area contributed by atoms with Gasteiger partial charge in [-0.25, -0.2) is 8.42 Å². The Morgan fingerprint density at radius 1 is 1.24 bits per heavy atom. The molecular weight excluding hydrogens is 364 g/mol. The van der Waals surface area contributed by atoms with Crippen molar-refractivity contribution in [3.63, 3.8) is 0 Å². The highest BCUT2D eigenvalue weighted by molar-refractivity contribution is 7.93. The van der Waals surface area contributed by atoms with E-state index < -0.39 is 10.0 Å². The quantitative estimate of drug-likeness (QED) is 0.884. The van der Waals surface area contributed by atoms with Gasteiger partial charge in [0, 0.05) is 12.2 Å². The van der Waals surface area contributed by atoms with Crippen LogP contribution in [0.5, 0.6) is 5.75 Å². The maximum Gasteiger partial charge on any atom is 0.259 e. The van der Waals surface area contributed by atoms with E-state index in [4.69, 9.17) is 16.3 Å². The molecule has 0 aromatic heterocycles. The number of hydrogen-bond acceptors (Lipinski definition) is 4. The summed E-state index contributed by atoms with van der Waals surface area (Å²) in [5.41, 5.74) is 1.21. The van der Waals surface area contributed by atoms with Crippen molar-refractivity contribution in [1.82, 2.24) is 0 Å². The van der Waals surface area contributed by atoms with Gasteiger partial charge in [-0.15, -0.1) is 0 Å². The summed E-state index contributed by atoms with van der Waals surface area (Å²) in [4.78, 5) is 12.5. The molecule has 1 aliphatic heterocycles. The molecule has 0 atom stereocenters. The van der Waals surface area contributed by atoms with Gasteiger partial charge in [-0.05, 0) is 36.8 Å². The van der Waals surface area contributed by atoms with E-state index in [9.17, 15) is 13.2 Å². The molecule has 1 heterocycles. The molecule has 132 valence electrons. The molecule has 0 unspecified atom stereocenters. The molecule has 0 radical (unpaired) electrons. The molecule has 2 aromatic rings. The van der Waals surface area contributed by atoms with E-state index in [-0.39, 0.29) is 11.7 Å². The van der Waals surface area contributed by atoms with E-state index in [0.717, 1.165) is 0 Å². The highest BCUT2D eigenvalue weighted by Crippen LogP contribution is 2.33. The molecule has 1 N–H and O–H groups in total. The van der Waals surface area contributed by atoms with Crippen molar-refractivity contribution in [3.8, 4) is 5.75 Å². The highest BCUT2D eigenvalue weighted by Gasteiger charge is 2.30. The van der Waals surface area contributed by atoms with Crippen LogP contribution in [0, 0.1) is 0 Å². The Kier molecular flexibility index (Phi) is 4.87. The van der Waals surface area contributed by atoms with Crippen molar-refractivity contribution < 1.29 is 17.9 Å². The number of nitrogens with one attached hydrogen (secondary N) is 1. The maximum atomic E-state index is 12.5. The molecular formula is C17H17ClN2O4S. The molecule has 0 spiro atoms. The first kappa shape index (κ1) is 17.6. The SMILES string of the molecule is COc1ccccc1C(=O)Nc1ccc(Cl)c(N2CCCS2(=O)=O)c1. The monoisotopic (exact) mass is 380 g/mol. The Morgan fingerprint density at radius 3 is 2.68 bits per heavy atom. The number of amides is 1. The lowest BCUT2D eigenvalue weighted by Crippen LogP contribution is -2.25. The third-order valence-electron chi connectivity index (χ3n) is 3.92. The minimum atomic E-state index is -3.35. The van der Waals surface area contributed by atoms with Crippen molar-refractivity contribution in [2.45, 2.75) is 6.42 Å². The summed E-state index contributed by atoms with van der Waals surface area (Å²) < 4.78 is 30.7. The summed E-state index contributed by atoms with van der Waals surface area (Å²) in [5, 5.41) is 3.07. The van der Waals surface area contributed by atoms with Gasteiger partial charge in [-0.1, -0.05) is 23.7 Å². The van der Waals surface area contributed by atoms with Gasteiger partial charge in [-0.2, -0.15) is 0 Å². The van der Waals surface area contributed by atoms with Crippen LogP contribution in [0.4, 0.5) is 11.4 Å². The Hall–Kier alpha value is -2.25. The second kappa shape index (κ2) is 6.93. The van der Waals surface area contributed by atoms with E-state index >= 15 is 0 Å². The van der Waals surface area contributed by atoms with Crippen LogP contribution in [-0.4, -0.2) is 33.7 Å². The average molecular weight is 381 g/mol. The van der Waals surface area contributed by atoms with E-state index in [0.29, 0.717) is 40.7 Å². The van der Waals surface area contributed by atoms with Crippen LogP contribution in [0.3, 0.4) is 0 Å². The van der Waals surface area contributed by atoms with Gasteiger partial charge in [0.05, 0.1) is 29.1 Å². The van der Waals surface area contributed by atoms with Crippen LogP contribution < -0.4 is 14.4 Å². The van der Waals surface area contributed by atoms with Crippen LogP contribution in [0.2, 0.25) is 5.02 Å². The highest BCUT2D eigenvalue weighted by atomic mass is 35.5. The lowest BCUT2D eigenvalue weighted by atomic mass is 10.2. The number of nitrogens with zero attached hydrogens (tertiary/aromatic N) is 1. The minimum Gasteiger partial charge on any atom is -0.496 e. The topological polar surface area (TPSA) is 75.7 Å². The Labute approximate surface area is 151 Å². The average Bonchev–Trinajstić information content (AvgIpc) is 2.95. The smallest absolute Gasteiger partial charge is 0.259 e. The number of para-hydroxylation sites is 1. The summed E-state index contributed by atoms with van der Waals surface area (Å²) in [5.74, 6) is 0.201. The van der Waals surface area contributed by atoms with Crippen molar-refractivity contribution >= 4 is 38.9 Å². The number of benzene rings is 2. The number of methoxy groups -OCH3 is 1. The van der Waals surface area contributed by atoms with Gasteiger partial charge in [-0.3, -0.25) is 9.10 Å². The van der Waals surface area contributed by atoms with Gasteiger partial charge in [0.25, 0.3) is 5.91 Å². The lowest BCUT2D eigenvalue weighted by Gasteiger charge is -2.19. The van der Waals surface area contributed by atoms with Crippen molar-refractivity contribution in [2.75, 3.05) is 29.0 Å². The van der Waals surface area contributed by atoms with Gasteiger partial charge in [0.2, 0.25) is 10.0 Å². The summed E-state index contributed by atoms with van der Waals surface area (Å²) >= 11 is 6.17. The predicted molar refractivity (Wildman–Crippen MR) is 98.1 cm³/mol. The van der Waals surface area contributed by atoms with Gasteiger partial charge in [0.15, 0.2) is 0 Å². The fourth-order valence-corrected chi connectivity index (χ4v) is 4.56. The third-order valence-corrected chi connectivity index (χ3v) is 6.10. The Balaban J connectivity index is 1.89. The molecule has 1 aliphatic rings. The largest absolute Gasteiger partial charge is 0.496 e. The van der Waals surface area contributed by atoms with Crippen molar-refractivity contribution in [3.05, 3.63) is 53.1 Å². The zero-order valence-electron chi connectivity index (χ0n) is 13.5. The zero-order valence-corrected chi connectivity index (χ0v) is 15.1. The van der Waals surface area contributed by atoms with Gasteiger partial charge in [0.1, 0.15) is 5.75 Å². The minimum absolute atomic E-state index is 0.0983. The molecule has 0 saturated carbocycles. The molecule has 1 fully saturated rings. The second-order valence-electron chi connectivity index (χ2n) is 5.56. The molecule has 0 aliphatic carbocycles. The van der Waals surface area contributed by atoms with Gasteiger partial charge >= 0.3 is 0 Å². The first-order valence-corrected chi connectivity index (χ1v) is 9.65. The van der Waals surface area contributed by atoms with Crippen LogP contribution >= 0.6 is 11.6 Å². The number of ether oxygens (including phenoxy) is 1. The fourth-order valence-electron chi connectivity index (χ4n) is 2.72. The van der Waals surface area contributed by atoms with Crippen LogP contribution in [-0.2, 0) is 10.0 Å². The molecule has 1 saturated heterocycles. The predicted octanol–water partition coefficient (Wildman–Crippen LogP) is 3.14. The second-order valence-corrected chi connectivity index (χ2v) is 7.98. The first-order chi connectivity index (χ1) is 11.9. The number of rotatable bonds is 4. The number of carbonyl (C=O) groups is 1. The van der Waals surface area contributed by atoms with E-state index in [2.05, 4.69) is 5.32 Å². The van der Waals surface area contributed by atoms with Crippen molar-refractivity contribution in [2.24, 2.45) is 0 Å². The van der Waals surface area contributed by atoms with E-state index in [1.54, 1.807) is 42.5 Å². The molecule has 6 nitrogen and oxygen atoms in total. The molecule has 2 aromatic carbocycles.